The quantitative estimate of drug-likeness (QED) is 0.763. The number of rotatable bonds is 4. The number of carboxylic acids is 1. The smallest absolute Gasteiger partial charge is 0.335 e. The summed E-state index contributed by atoms with van der Waals surface area (Å²) >= 11 is 0. The van der Waals surface area contributed by atoms with Crippen molar-refractivity contribution < 1.29 is 14.7 Å². The molecule has 0 radical (unpaired) electrons. The third-order valence-electron chi connectivity index (χ3n) is 4.29. The number of carbonyl (C=O) groups excluding carboxylic acids is 1. The summed E-state index contributed by atoms with van der Waals surface area (Å²) in [6.07, 6.45) is 2.58. The zero-order valence-electron chi connectivity index (χ0n) is 14.3. The maximum Gasteiger partial charge on any atom is 0.335 e. The number of fused-ring (bicyclic) bond motifs is 1. The number of amides is 1. The minimum absolute atomic E-state index is 0.134. The summed E-state index contributed by atoms with van der Waals surface area (Å²) in [5, 5.41) is 11.9. The number of aryl methyl sites for hydroxylation is 3. The number of nitrogens with zero attached hydrogens (tertiary/aromatic N) is 2. The molecule has 0 atom stereocenters. The number of carbonyl (C=O) groups is 2. The lowest BCUT2D eigenvalue weighted by Crippen LogP contribution is -2.14. The molecule has 128 valence electrons. The van der Waals surface area contributed by atoms with Gasteiger partial charge in [0.2, 0.25) is 0 Å². The van der Waals surface area contributed by atoms with Crippen molar-refractivity contribution in [3.05, 3.63) is 64.6 Å². The molecule has 2 N–H and O–H groups in total. The van der Waals surface area contributed by atoms with Crippen molar-refractivity contribution in [1.29, 1.82) is 0 Å². The number of aromatic nitrogens is 2. The second kappa shape index (κ2) is 6.39. The number of nitrogens with one attached hydrogen (secondary N) is 1. The molecule has 0 saturated carbocycles. The van der Waals surface area contributed by atoms with Crippen molar-refractivity contribution >= 4 is 23.2 Å². The van der Waals surface area contributed by atoms with Gasteiger partial charge in [-0.1, -0.05) is 13.0 Å². The fourth-order valence-electron chi connectivity index (χ4n) is 2.76. The molecular weight excluding hydrogens is 318 g/mol. The number of hydrogen-bond acceptors (Lipinski definition) is 3. The van der Waals surface area contributed by atoms with Crippen LogP contribution in [0.3, 0.4) is 0 Å². The van der Waals surface area contributed by atoms with Crippen molar-refractivity contribution in [2.45, 2.75) is 27.2 Å². The first-order valence-corrected chi connectivity index (χ1v) is 8.03. The Kier molecular flexibility index (Phi) is 4.27. The fourth-order valence-corrected chi connectivity index (χ4v) is 2.76. The standard InChI is InChI=1S/C19H19N3O3/c1-4-15-12(3)22-10-14(7-8-17(22)20-15)18(23)21-16-9-13(19(24)25)6-5-11(16)2/h5-10H,4H2,1-3H3,(H,21,23)(H,24,25). The fraction of sp³-hybridized carbons (Fsp3) is 0.211. The molecule has 0 unspecified atom stereocenters. The summed E-state index contributed by atoms with van der Waals surface area (Å²) in [7, 11) is 0. The minimum Gasteiger partial charge on any atom is -0.478 e. The van der Waals surface area contributed by atoms with Gasteiger partial charge in [-0.3, -0.25) is 4.79 Å². The molecule has 6 heteroatoms. The molecule has 1 amide bonds. The van der Waals surface area contributed by atoms with E-state index in [9.17, 15) is 9.59 Å². The number of imidazole rings is 1. The highest BCUT2D eigenvalue weighted by molar-refractivity contribution is 6.05. The lowest BCUT2D eigenvalue weighted by Gasteiger charge is -2.10. The SMILES string of the molecule is CCc1nc2ccc(C(=O)Nc3cc(C(=O)O)ccc3C)cn2c1C. The zero-order valence-corrected chi connectivity index (χ0v) is 14.3. The van der Waals surface area contributed by atoms with Crippen molar-refractivity contribution in [2.75, 3.05) is 5.32 Å². The predicted molar refractivity (Wildman–Crippen MR) is 95.4 cm³/mol. The Morgan fingerprint density at radius 2 is 1.88 bits per heavy atom. The van der Waals surface area contributed by atoms with Gasteiger partial charge in [0.05, 0.1) is 16.8 Å². The zero-order chi connectivity index (χ0) is 18.1. The second-order valence-corrected chi connectivity index (χ2v) is 5.93. The van der Waals surface area contributed by atoms with Crippen molar-refractivity contribution in [2.24, 2.45) is 0 Å². The molecule has 0 bridgehead atoms. The topological polar surface area (TPSA) is 83.7 Å². The Labute approximate surface area is 145 Å². The summed E-state index contributed by atoms with van der Waals surface area (Å²) in [5.74, 6) is -1.32. The molecule has 0 spiro atoms. The van der Waals surface area contributed by atoms with Crippen molar-refractivity contribution in [3.8, 4) is 0 Å². The van der Waals surface area contributed by atoms with Gasteiger partial charge in [-0.05, 0) is 50.1 Å². The summed E-state index contributed by atoms with van der Waals surface area (Å²) in [5.41, 5.74) is 4.71. The molecule has 3 rings (SSSR count). The Morgan fingerprint density at radius 3 is 2.56 bits per heavy atom. The molecule has 2 heterocycles. The van der Waals surface area contributed by atoms with Crippen LogP contribution in [0.1, 0.15) is 44.6 Å². The molecule has 0 fully saturated rings. The lowest BCUT2D eigenvalue weighted by atomic mass is 10.1. The van der Waals surface area contributed by atoms with Gasteiger partial charge in [0.1, 0.15) is 5.65 Å². The Bertz CT molecular complexity index is 989. The Balaban J connectivity index is 1.94. The van der Waals surface area contributed by atoms with E-state index in [1.54, 1.807) is 18.3 Å². The van der Waals surface area contributed by atoms with E-state index in [0.717, 1.165) is 29.0 Å². The van der Waals surface area contributed by atoms with Crippen LogP contribution in [0.4, 0.5) is 5.69 Å². The monoisotopic (exact) mass is 337 g/mol. The highest BCUT2D eigenvalue weighted by Gasteiger charge is 2.13. The molecule has 3 aromatic rings. The summed E-state index contributed by atoms with van der Waals surface area (Å²) < 4.78 is 1.90. The second-order valence-electron chi connectivity index (χ2n) is 5.93. The van der Waals surface area contributed by atoms with E-state index in [-0.39, 0.29) is 11.5 Å². The molecule has 0 aliphatic heterocycles. The molecule has 0 aliphatic rings. The molecule has 6 nitrogen and oxygen atoms in total. The van der Waals surface area contributed by atoms with E-state index < -0.39 is 5.97 Å². The number of aromatic carboxylic acids is 1. The molecular formula is C19H19N3O3. The van der Waals surface area contributed by atoms with Crippen LogP contribution in [-0.2, 0) is 6.42 Å². The maximum atomic E-state index is 12.6. The summed E-state index contributed by atoms with van der Waals surface area (Å²) in [6.45, 7) is 5.83. The minimum atomic E-state index is -1.03. The van der Waals surface area contributed by atoms with E-state index in [1.165, 1.54) is 12.1 Å². The number of carboxylic acid groups (broad SMARTS) is 1. The summed E-state index contributed by atoms with van der Waals surface area (Å²) in [4.78, 5) is 28.2. The van der Waals surface area contributed by atoms with Crippen LogP contribution in [0.15, 0.2) is 36.5 Å². The largest absolute Gasteiger partial charge is 0.478 e. The van der Waals surface area contributed by atoms with Crippen LogP contribution in [0.25, 0.3) is 5.65 Å². The van der Waals surface area contributed by atoms with Crippen molar-refractivity contribution in [1.82, 2.24) is 9.38 Å². The van der Waals surface area contributed by atoms with E-state index in [0.29, 0.717) is 11.3 Å². The Morgan fingerprint density at radius 1 is 1.16 bits per heavy atom. The summed E-state index contributed by atoms with van der Waals surface area (Å²) in [6, 6.07) is 8.18. The van der Waals surface area contributed by atoms with Gasteiger partial charge in [-0.25, -0.2) is 9.78 Å². The van der Waals surface area contributed by atoms with Gasteiger partial charge in [0.25, 0.3) is 5.91 Å². The van der Waals surface area contributed by atoms with Crippen molar-refractivity contribution in [3.63, 3.8) is 0 Å². The molecule has 0 saturated heterocycles. The normalized spacial score (nSPS) is 10.8. The number of hydrogen-bond donors (Lipinski definition) is 2. The molecule has 1 aromatic carbocycles. The van der Waals surface area contributed by atoms with E-state index in [1.807, 2.05) is 31.2 Å². The third-order valence-corrected chi connectivity index (χ3v) is 4.29. The van der Waals surface area contributed by atoms with Crippen LogP contribution in [0.2, 0.25) is 0 Å². The predicted octanol–water partition coefficient (Wildman–Crippen LogP) is 3.46. The highest BCUT2D eigenvalue weighted by Crippen LogP contribution is 2.19. The molecule has 25 heavy (non-hydrogen) atoms. The third kappa shape index (κ3) is 3.10. The van der Waals surface area contributed by atoms with Gasteiger partial charge in [0.15, 0.2) is 0 Å². The van der Waals surface area contributed by atoms with Gasteiger partial charge < -0.3 is 14.8 Å². The number of pyridine rings is 1. The van der Waals surface area contributed by atoms with Crippen LogP contribution < -0.4 is 5.32 Å². The van der Waals surface area contributed by atoms with Crippen LogP contribution in [0, 0.1) is 13.8 Å². The first-order valence-electron chi connectivity index (χ1n) is 8.03. The van der Waals surface area contributed by atoms with Gasteiger partial charge in [0, 0.05) is 17.6 Å². The number of benzene rings is 1. The molecule has 0 aliphatic carbocycles. The lowest BCUT2D eigenvalue weighted by molar-refractivity contribution is 0.0696. The maximum absolute atomic E-state index is 12.6. The van der Waals surface area contributed by atoms with E-state index in [2.05, 4.69) is 10.3 Å². The molecule has 2 aromatic heterocycles. The van der Waals surface area contributed by atoms with Gasteiger partial charge in [-0.2, -0.15) is 0 Å². The average Bonchev–Trinajstić information content (AvgIpc) is 2.92. The van der Waals surface area contributed by atoms with E-state index in [4.69, 9.17) is 5.11 Å². The van der Waals surface area contributed by atoms with E-state index >= 15 is 0 Å². The first-order chi connectivity index (χ1) is 11.9. The highest BCUT2D eigenvalue weighted by atomic mass is 16.4. The number of anilines is 1. The van der Waals surface area contributed by atoms with Crippen LogP contribution in [0.5, 0.6) is 0 Å². The van der Waals surface area contributed by atoms with Gasteiger partial charge in [-0.15, -0.1) is 0 Å². The first kappa shape index (κ1) is 16.7. The Hall–Kier alpha value is -3.15. The van der Waals surface area contributed by atoms with Crippen LogP contribution in [-0.4, -0.2) is 26.4 Å². The van der Waals surface area contributed by atoms with Crippen LogP contribution >= 0.6 is 0 Å². The average molecular weight is 337 g/mol. The van der Waals surface area contributed by atoms with Gasteiger partial charge >= 0.3 is 5.97 Å².